The first-order valence-electron chi connectivity index (χ1n) is 21.8. The molecule has 2 unspecified atom stereocenters. The smallest absolute Gasteiger partial charge is 0.410 e. The van der Waals surface area contributed by atoms with Gasteiger partial charge in [-0.15, -0.1) is 0 Å². The maximum absolute atomic E-state index is 14.0. The molecular formula is C48H60N6O9. The van der Waals surface area contributed by atoms with Crippen molar-refractivity contribution >= 4 is 30.1 Å². The molecule has 336 valence electrons. The number of hydroxylamine groups is 3. The lowest BCUT2D eigenvalue weighted by Crippen LogP contribution is -2.51. The first kappa shape index (κ1) is 47.8. The van der Waals surface area contributed by atoms with Gasteiger partial charge < -0.3 is 40.7 Å². The van der Waals surface area contributed by atoms with E-state index in [-0.39, 0.29) is 51.9 Å². The molecule has 4 aromatic rings. The molecule has 4 N–H and O–H groups in total. The van der Waals surface area contributed by atoms with E-state index in [4.69, 9.17) is 14.2 Å². The molecule has 5 rings (SSSR count). The van der Waals surface area contributed by atoms with Crippen molar-refractivity contribution in [2.45, 2.75) is 77.4 Å². The number of amides is 5. The van der Waals surface area contributed by atoms with E-state index in [1.165, 1.54) is 4.90 Å². The predicted octanol–water partition coefficient (Wildman–Crippen LogP) is 6.95. The molecular weight excluding hydrogens is 805 g/mol. The zero-order valence-corrected chi connectivity index (χ0v) is 35.8. The molecule has 0 fully saturated rings. The number of quaternary nitrogens is 1. The number of alkyl carbamates (subject to hydrolysis) is 2. The molecule has 4 aromatic carbocycles. The zero-order valence-electron chi connectivity index (χ0n) is 35.8. The summed E-state index contributed by atoms with van der Waals surface area (Å²) >= 11 is 0. The number of carbonyl (C=O) groups excluding carboxylic acids is 5. The summed E-state index contributed by atoms with van der Waals surface area (Å²) in [4.78, 5) is 66.6. The molecule has 63 heavy (non-hydrogen) atoms. The van der Waals surface area contributed by atoms with E-state index >= 15 is 0 Å². The van der Waals surface area contributed by atoms with Crippen molar-refractivity contribution < 1.29 is 42.8 Å². The lowest BCUT2D eigenvalue weighted by molar-refractivity contribution is -0.807. The molecule has 5 amide bonds. The van der Waals surface area contributed by atoms with Gasteiger partial charge in [-0.25, -0.2) is 19.2 Å². The Hall–Kier alpha value is -6.29. The van der Waals surface area contributed by atoms with Crippen LogP contribution in [-0.4, -0.2) is 91.5 Å². The summed E-state index contributed by atoms with van der Waals surface area (Å²) in [6, 6.07) is 34.2. The SMILES string of the molecule is O=C(NCCCNCCCC(C(=O)NCCCCC[N+]1([O-])Cc2ccccc2C1=O)N(CCCNC(=O)OCc1ccccc1)C(=O)OCc1ccccc1)OCc1ccccc1. The van der Waals surface area contributed by atoms with E-state index in [0.717, 1.165) is 22.3 Å². The summed E-state index contributed by atoms with van der Waals surface area (Å²) in [6.07, 6.45) is 1.78. The minimum absolute atomic E-state index is 0.0112. The molecule has 0 bridgehead atoms. The molecule has 15 heteroatoms. The van der Waals surface area contributed by atoms with Crippen molar-refractivity contribution in [3.8, 4) is 0 Å². The number of benzene rings is 4. The molecule has 0 aromatic heterocycles. The molecule has 2 atom stereocenters. The Morgan fingerprint density at radius 1 is 0.587 bits per heavy atom. The highest BCUT2D eigenvalue weighted by atomic mass is 16.6. The molecule has 0 radical (unpaired) electrons. The van der Waals surface area contributed by atoms with E-state index in [9.17, 15) is 29.2 Å². The Morgan fingerprint density at radius 2 is 1.11 bits per heavy atom. The van der Waals surface area contributed by atoms with Crippen molar-refractivity contribution in [2.75, 3.05) is 45.8 Å². The zero-order chi connectivity index (χ0) is 44.5. The lowest BCUT2D eigenvalue weighted by atomic mass is 10.1. The van der Waals surface area contributed by atoms with Crippen molar-refractivity contribution in [3.05, 3.63) is 148 Å². The van der Waals surface area contributed by atoms with E-state index in [1.54, 1.807) is 12.1 Å². The Bertz CT molecular complexity index is 2020. The highest BCUT2D eigenvalue weighted by molar-refractivity contribution is 5.93. The maximum Gasteiger partial charge on any atom is 0.410 e. The monoisotopic (exact) mass is 864 g/mol. The lowest BCUT2D eigenvalue weighted by Gasteiger charge is -2.35. The Kier molecular flexibility index (Phi) is 19.9. The highest BCUT2D eigenvalue weighted by Crippen LogP contribution is 2.29. The van der Waals surface area contributed by atoms with Crippen molar-refractivity contribution in [1.29, 1.82) is 0 Å². The molecule has 15 nitrogen and oxygen atoms in total. The summed E-state index contributed by atoms with van der Waals surface area (Å²) in [5.74, 6) is -0.761. The normalized spacial score (nSPS) is 14.5. The Morgan fingerprint density at radius 3 is 1.71 bits per heavy atom. The predicted molar refractivity (Wildman–Crippen MR) is 238 cm³/mol. The Labute approximate surface area is 369 Å². The standard InChI is InChI=1S/C48H60N6O9/c55-44(50-29-13-4-14-33-54(60)34-41-24-11-12-25-42(41)45(54)56)43(26-15-27-49-28-16-30-51-46(57)61-35-38-18-5-1-6-19-38)53(48(59)63-37-40-22-9-3-10-23-40)32-17-31-52-47(58)62-36-39-20-7-2-8-21-39/h1-3,5-12,18-25,43,49H,4,13-17,26-37H2,(H,50,55)(H,51,57)(H,52,58). The second kappa shape index (κ2) is 26.2. The summed E-state index contributed by atoms with van der Waals surface area (Å²) in [6.45, 7) is 2.77. The van der Waals surface area contributed by atoms with E-state index in [1.807, 2.05) is 103 Å². The minimum Gasteiger partial charge on any atom is -0.625 e. The van der Waals surface area contributed by atoms with Gasteiger partial charge in [0.05, 0.1) is 12.1 Å². The fraction of sp³-hybridized carbons (Fsp3) is 0.396. The van der Waals surface area contributed by atoms with Gasteiger partial charge in [0.25, 0.3) is 0 Å². The third-order valence-corrected chi connectivity index (χ3v) is 10.6. The van der Waals surface area contributed by atoms with Gasteiger partial charge in [0.2, 0.25) is 5.91 Å². The Balaban J connectivity index is 1.12. The number of fused-ring (bicyclic) bond motifs is 1. The number of rotatable bonds is 26. The third kappa shape index (κ3) is 16.5. The van der Waals surface area contributed by atoms with Gasteiger partial charge in [0.1, 0.15) is 32.4 Å². The number of ether oxygens (including phenoxy) is 3. The van der Waals surface area contributed by atoms with Crippen LogP contribution in [0.3, 0.4) is 0 Å². The van der Waals surface area contributed by atoms with Gasteiger partial charge in [0, 0.05) is 31.7 Å². The summed E-state index contributed by atoms with van der Waals surface area (Å²) < 4.78 is 15.4. The van der Waals surface area contributed by atoms with Crippen LogP contribution in [0.2, 0.25) is 0 Å². The molecule has 1 aliphatic rings. The highest BCUT2D eigenvalue weighted by Gasteiger charge is 2.38. The van der Waals surface area contributed by atoms with Crippen LogP contribution in [-0.2, 0) is 45.4 Å². The van der Waals surface area contributed by atoms with Gasteiger partial charge >= 0.3 is 24.2 Å². The number of hydrogen-bond acceptors (Lipinski definition) is 10. The van der Waals surface area contributed by atoms with Crippen molar-refractivity contribution in [2.24, 2.45) is 0 Å². The first-order chi connectivity index (χ1) is 30.7. The third-order valence-electron chi connectivity index (χ3n) is 10.6. The van der Waals surface area contributed by atoms with Gasteiger partial charge in [0.15, 0.2) is 0 Å². The van der Waals surface area contributed by atoms with E-state index in [0.29, 0.717) is 76.7 Å². The largest absolute Gasteiger partial charge is 0.625 e. The van der Waals surface area contributed by atoms with Crippen LogP contribution in [0.15, 0.2) is 115 Å². The molecule has 1 aliphatic heterocycles. The number of nitrogens with zero attached hydrogens (tertiary/aromatic N) is 2. The van der Waals surface area contributed by atoms with Gasteiger partial charge in [-0.05, 0) is 80.8 Å². The van der Waals surface area contributed by atoms with Crippen LogP contribution in [0.4, 0.5) is 14.4 Å². The van der Waals surface area contributed by atoms with Crippen molar-refractivity contribution in [3.63, 3.8) is 0 Å². The molecule has 1 heterocycles. The molecule has 0 aliphatic carbocycles. The fourth-order valence-electron chi connectivity index (χ4n) is 7.15. The molecule has 0 saturated heterocycles. The summed E-state index contributed by atoms with van der Waals surface area (Å²) in [7, 11) is 0. The second-order valence-electron chi connectivity index (χ2n) is 15.4. The number of hydrogen-bond donors (Lipinski definition) is 4. The topological polar surface area (TPSA) is 187 Å². The quantitative estimate of drug-likeness (QED) is 0.0223. The van der Waals surface area contributed by atoms with Gasteiger partial charge in [-0.3, -0.25) is 14.3 Å². The fourth-order valence-corrected chi connectivity index (χ4v) is 7.15. The van der Waals surface area contributed by atoms with Gasteiger partial charge in [-0.1, -0.05) is 109 Å². The number of unbranched alkanes of at least 4 members (excludes halogenated alkanes) is 2. The average molecular weight is 865 g/mol. The van der Waals surface area contributed by atoms with Crippen LogP contribution < -0.4 is 21.3 Å². The first-order valence-corrected chi connectivity index (χ1v) is 21.8. The molecule has 0 saturated carbocycles. The summed E-state index contributed by atoms with van der Waals surface area (Å²) in [5.41, 5.74) is 3.80. The van der Waals surface area contributed by atoms with E-state index in [2.05, 4.69) is 21.3 Å². The van der Waals surface area contributed by atoms with Crippen LogP contribution in [0.25, 0.3) is 0 Å². The average Bonchev–Trinajstić information content (AvgIpc) is 3.57. The number of carbonyl (C=O) groups is 5. The number of nitrogens with one attached hydrogen (secondary N) is 4. The van der Waals surface area contributed by atoms with Crippen LogP contribution in [0, 0.1) is 5.21 Å². The van der Waals surface area contributed by atoms with Gasteiger partial charge in [-0.2, -0.15) is 0 Å². The maximum atomic E-state index is 14.0. The summed E-state index contributed by atoms with van der Waals surface area (Å²) in [5, 5.41) is 25.2. The molecule has 0 spiro atoms. The minimum atomic E-state index is -0.903. The van der Waals surface area contributed by atoms with Crippen LogP contribution in [0.5, 0.6) is 0 Å². The van der Waals surface area contributed by atoms with Crippen LogP contribution >= 0.6 is 0 Å². The van der Waals surface area contributed by atoms with Crippen LogP contribution in [0.1, 0.15) is 77.6 Å². The van der Waals surface area contributed by atoms with E-state index < -0.39 is 34.9 Å². The van der Waals surface area contributed by atoms with Crippen molar-refractivity contribution in [1.82, 2.24) is 26.2 Å². The second-order valence-corrected chi connectivity index (χ2v) is 15.4.